The molecule has 0 unspecified atom stereocenters. The summed E-state index contributed by atoms with van der Waals surface area (Å²) in [5.41, 5.74) is 3.53. The Balaban J connectivity index is 1.62. The fraction of sp³-hybridized carbons (Fsp3) is 0.179. The number of anilines is 1. The van der Waals surface area contributed by atoms with Gasteiger partial charge in [0.05, 0.1) is 5.25 Å². The lowest BCUT2D eigenvalue weighted by atomic mass is 10.1. The lowest BCUT2D eigenvalue weighted by Crippen LogP contribution is -2.32. The van der Waals surface area contributed by atoms with Crippen LogP contribution in [0.4, 0.5) is 5.69 Å². The highest BCUT2D eigenvalue weighted by Gasteiger charge is 2.41. The largest absolute Gasteiger partial charge is 0.351 e. The summed E-state index contributed by atoms with van der Waals surface area (Å²) in [6.07, 6.45) is 1.03. The van der Waals surface area contributed by atoms with Crippen molar-refractivity contribution in [1.82, 2.24) is 5.32 Å². The average Bonchev–Trinajstić information content (AvgIpc) is 3.17. The van der Waals surface area contributed by atoms with E-state index in [9.17, 15) is 14.9 Å². The van der Waals surface area contributed by atoms with Crippen LogP contribution in [-0.4, -0.2) is 23.6 Å². The first-order chi connectivity index (χ1) is 17.0. The Morgan fingerprint density at radius 1 is 1.06 bits per heavy atom. The highest BCUT2D eigenvalue weighted by Crippen LogP contribution is 2.42. The second-order valence-corrected chi connectivity index (χ2v) is 9.79. The molecule has 7 heteroatoms. The van der Waals surface area contributed by atoms with Crippen LogP contribution in [0.25, 0.3) is 0 Å². The van der Waals surface area contributed by atoms with E-state index >= 15 is 0 Å². The fourth-order valence-electron chi connectivity index (χ4n) is 3.83. The van der Waals surface area contributed by atoms with Gasteiger partial charge in [0.25, 0.3) is 5.91 Å². The van der Waals surface area contributed by atoms with Crippen LogP contribution < -0.4 is 10.2 Å². The zero-order chi connectivity index (χ0) is 24.8. The standard InChI is InChI=1S/C28H24ClN3O2S/c1-19-11-13-22(14-12-19)32-27(34)25(17-21-9-5-6-10-24(21)29)35-28(32)23(18-30)26(33)31-16-15-20-7-3-2-4-8-20/h2-14,25H,15-17H2,1H3,(H,31,33)/b28-23+/t25-/m1/s1. The van der Waals surface area contributed by atoms with E-state index in [-0.39, 0.29) is 11.5 Å². The molecule has 0 spiro atoms. The van der Waals surface area contributed by atoms with Gasteiger partial charge in [-0.05, 0) is 49.1 Å². The summed E-state index contributed by atoms with van der Waals surface area (Å²) in [5.74, 6) is -0.673. The molecule has 0 bridgehead atoms. The smallest absolute Gasteiger partial charge is 0.264 e. The number of aryl methyl sites for hydroxylation is 1. The second kappa shape index (κ2) is 11.3. The molecule has 1 fully saturated rings. The van der Waals surface area contributed by atoms with Crippen LogP contribution in [-0.2, 0) is 22.4 Å². The minimum atomic E-state index is -0.508. The molecule has 3 aromatic carbocycles. The Morgan fingerprint density at radius 2 is 1.74 bits per heavy atom. The maximum absolute atomic E-state index is 13.5. The molecule has 2 amide bonds. The molecular weight excluding hydrogens is 478 g/mol. The summed E-state index contributed by atoms with van der Waals surface area (Å²) in [4.78, 5) is 28.1. The Kier molecular flexibility index (Phi) is 7.91. The lowest BCUT2D eigenvalue weighted by molar-refractivity contribution is -0.117. The normalized spacial score (nSPS) is 16.7. The highest BCUT2D eigenvalue weighted by molar-refractivity contribution is 8.05. The van der Waals surface area contributed by atoms with E-state index < -0.39 is 11.2 Å². The molecule has 0 aromatic heterocycles. The number of thioether (sulfide) groups is 1. The van der Waals surface area contributed by atoms with Crippen molar-refractivity contribution in [2.24, 2.45) is 0 Å². The number of nitrogens with zero attached hydrogens (tertiary/aromatic N) is 2. The van der Waals surface area contributed by atoms with Crippen molar-refractivity contribution in [2.45, 2.75) is 25.0 Å². The van der Waals surface area contributed by atoms with Crippen molar-refractivity contribution in [3.05, 3.63) is 111 Å². The topological polar surface area (TPSA) is 73.2 Å². The van der Waals surface area contributed by atoms with Crippen molar-refractivity contribution in [3.8, 4) is 6.07 Å². The summed E-state index contributed by atoms with van der Waals surface area (Å²) in [7, 11) is 0. The third-order valence-corrected chi connectivity index (χ3v) is 7.33. The molecule has 3 aromatic rings. The van der Waals surface area contributed by atoms with Gasteiger partial charge in [-0.2, -0.15) is 5.26 Å². The Morgan fingerprint density at radius 3 is 2.43 bits per heavy atom. The number of hydrogen-bond acceptors (Lipinski definition) is 4. The summed E-state index contributed by atoms with van der Waals surface area (Å²) in [6, 6.07) is 26.7. The number of carbonyl (C=O) groups excluding carboxylic acids is 2. The third-order valence-electron chi connectivity index (χ3n) is 5.70. The van der Waals surface area contributed by atoms with E-state index in [1.807, 2.05) is 85.8 Å². The van der Waals surface area contributed by atoms with Crippen molar-refractivity contribution in [3.63, 3.8) is 0 Å². The third kappa shape index (κ3) is 5.76. The fourth-order valence-corrected chi connectivity index (χ4v) is 5.34. The van der Waals surface area contributed by atoms with Crippen molar-refractivity contribution >= 4 is 40.9 Å². The van der Waals surface area contributed by atoms with Gasteiger partial charge in [0.15, 0.2) is 0 Å². The molecule has 0 aliphatic carbocycles. The van der Waals surface area contributed by atoms with Gasteiger partial charge in [-0.3, -0.25) is 14.5 Å². The van der Waals surface area contributed by atoms with Gasteiger partial charge in [0, 0.05) is 17.3 Å². The molecule has 4 rings (SSSR count). The minimum absolute atomic E-state index is 0.0707. The van der Waals surface area contributed by atoms with Gasteiger partial charge in [0.2, 0.25) is 5.91 Å². The zero-order valence-electron chi connectivity index (χ0n) is 19.2. The molecular formula is C28H24ClN3O2S. The lowest BCUT2D eigenvalue weighted by Gasteiger charge is -2.19. The first-order valence-corrected chi connectivity index (χ1v) is 12.5. The van der Waals surface area contributed by atoms with Crippen LogP contribution in [0.5, 0.6) is 0 Å². The number of amides is 2. The number of rotatable bonds is 7. The Bertz CT molecular complexity index is 1300. The zero-order valence-corrected chi connectivity index (χ0v) is 20.8. The molecule has 5 nitrogen and oxygen atoms in total. The van der Waals surface area contributed by atoms with Gasteiger partial charge in [-0.25, -0.2) is 0 Å². The van der Waals surface area contributed by atoms with E-state index in [0.29, 0.717) is 35.1 Å². The van der Waals surface area contributed by atoms with Crippen LogP contribution in [0.1, 0.15) is 16.7 Å². The number of carbonyl (C=O) groups is 2. The monoisotopic (exact) mass is 501 g/mol. The predicted octanol–water partition coefficient (Wildman–Crippen LogP) is 5.43. The summed E-state index contributed by atoms with van der Waals surface area (Å²) in [5, 5.41) is 13.2. The van der Waals surface area contributed by atoms with Gasteiger partial charge < -0.3 is 5.32 Å². The Hall–Kier alpha value is -3.53. The molecule has 1 aliphatic heterocycles. The van der Waals surface area contributed by atoms with Gasteiger partial charge in [-0.1, -0.05) is 89.6 Å². The predicted molar refractivity (Wildman–Crippen MR) is 141 cm³/mol. The van der Waals surface area contributed by atoms with Gasteiger partial charge in [-0.15, -0.1) is 0 Å². The van der Waals surface area contributed by atoms with Crippen LogP contribution >= 0.6 is 23.4 Å². The van der Waals surface area contributed by atoms with Crippen LogP contribution in [0.15, 0.2) is 89.5 Å². The molecule has 1 atom stereocenters. The molecule has 1 saturated heterocycles. The summed E-state index contributed by atoms with van der Waals surface area (Å²) in [6.45, 7) is 2.34. The van der Waals surface area contributed by atoms with Crippen LogP contribution in [0, 0.1) is 18.3 Å². The number of nitrogens with one attached hydrogen (secondary N) is 1. The second-order valence-electron chi connectivity index (χ2n) is 8.19. The van der Waals surface area contributed by atoms with Crippen molar-refractivity contribution < 1.29 is 9.59 Å². The van der Waals surface area contributed by atoms with E-state index in [2.05, 4.69) is 5.32 Å². The molecule has 1 N–H and O–H groups in total. The first-order valence-electron chi connectivity index (χ1n) is 11.2. The summed E-state index contributed by atoms with van der Waals surface area (Å²) >= 11 is 7.58. The molecule has 0 radical (unpaired) electrons. The first kappa shape index (κ1) is 24.6. The van der Waals surface area contributed by atoms with E-state index in [0.717, 1.165) is 16.7 Å². The van der Waals surface area contributed by atoms with E-state index in [1.54, 1.807) is 6.07 Å². The van der Waals surface area contributed by atoms with Crippen LogP contribution in [0.3, 0.4) is 0 Å². The highest BCUT2D eigenvalue weighted by atomic mass is 35.5. The number of nitriles is 1. The average molecular weight is 502 g/mol. The van der Waals surface area contributed by atoms with Crippen molar-refractivity contribution in [1.29, 1.82) is 5.26 Å². The molecule has 176 valence electrons. The minimum Gasteiger partial charge on any atom is -0.351 e. The SMILES string of the molecule is Cc1ccc(N2C(=O)[C@@H](Cc3ccccc3Cl)S/C2=C(\C#N)C(=O)NCCc2ccccc2)cc1. The molecule has 1 heterocycles. The Labute approximate surface area is 214 Å². The van der Waals surface area contributed by atoms with E-state index in [4.69, 9.17) is 11.6 Å². The van der Waals surface area contributed by atoms with Gasteiger partial charge >= 0.3 is 0 Å². The molecule has 1 aliphatic rings. The number of halogens is 1. The quantitative estimate of drug-likeness (QED) is 0.346. The summed E-state index contributed by atoms with van der Waals surface area (Å²) < 4.78 is 0. The maximum atomic E-state index is 13.5. The van der Waals surface area contributed by atoms with Crippen molar-refractivity contribution in [2.75, 3.05) is 11.4 Å². The number of hydrogen-bond donors (Lipinski definition) is 1. The molecule has 0 saturated carbocycles. The number of benzene rings is 3. The molecule has 35 heavy (non-hydrogen) atoms. The van der Waals surface area contributed by atoms with Crippen LogP contribution in [0.2, 0.25) is 5.02 Å². The maximum Gasteiger partial charge on any atom is 0.264 e. The van der Waals surface area contributed by atoms with Gasteiger partial charge in [0.1, 0.15) is 16.7 Å². The van der Waals surface area contributed by atoms with E-state index in [1.165, 1.54) is 16.7 Å².